The van der Waals surface area contributed by atoms with E-state index in [2.05, 4.69) is 23.9 Å². The number of ether oxygens (including phenoxy) is 1. The monoisotopic (exact) mass is 239 g/mol. The SMILES string of the molecule is CCC(CC)CNCc1ccoc1C(=O)OC. The smallest absolute Gasteiger partial charge is 0.374 e. The van der Waals surface area contributed by atoms with Crippen molar-refractivity contribution in [2.45, 2.75) is 33.2 Å². The zero-order chi connectivity index (χ0) is 12.7. The minimum atomic E-state index is -0.422. The van der Waals surface area contributed by atoms with Gasteiger partial charge in [-0.25, -0.2) is 4.79 Å². The minimum absolute atomic E-state index is 0.296. The van der Waals surface area contributed by atoms with E-state index in [-0.39, 0.29) is 0 Å². The Morgan fingerprint density at radius 2 is 2.18 bits per heavy atom. The second-order valence-corrected chi connectivity index (χ2v) is 4.08. The summed E-state index contributed by atoms with van der Waals surface area (Å²) in [6, 6.07) is 1.80. The van der Waals surface area contributed by atoms with Crippen LogP contribution in [0.3, 0.4) is 0 Å². The van der Waals surface area contributed by atoms with Crippen molar-refractivity contribution in [3.63, 3.8) is 0 Å². The maximum atomic E-state index is 11.4. The zero-order valence-electron chi connectivity index (χ0n) is 10.8. The second kappa shape index (κ2) is 7.12. The first kappa shape index (κ1) is 13.8. The maximum absolute atomic E-state index is 11.4. The number of furan rings is 1. The van der Waals surface area contributed by atoms with Gasteiger partial charge in [0.25, 0.3) is 0 Å². The standard InChI is InChI=1S/C13H21NO3/c1-4-10(5-2)8-14-9-11-6-7-17-12(11)13(15)16-3/h6-7,10,14H,4-5,8-9H2,1-3H3. The molecule has 1 aromatic rings. The van der Waals surface area contributed by atoms with Crippen LogP contribution >= 0.6 is 0 Å². The van der Waals surface area contributed by atoms with E-state index in [1.807, 2.05) is 0 Å². The number of methoxy groups -OCH3 is 1. The molecule has 0 aliphatic carbocycles. The predicted molar refractivity (Wildman–Crippen MR) is 65.8 cm³/mol. The topological polar surface area (TPSA) is 51.5 Å². The molecule has 1 rings (SSSR count). The van der Waals surface area contributed by atoms with Gasteiger partial charge in [-0.05, 0) is 18.5 Å². The highest BCUT2D eigenvalue weighted by Gasteiger charge is 2.15. The van der Waals surface area contributed by atoms with E-state index >= 15 is 0 Å². The lowest BCUT2D eigenvalue weighted by Crippen LogP contribution is -2.22. The van der Waals surface area contributed by atoms with Crippen molar-refractivity contribution in [1.82, 2.24) is 5.32 Å². The van der Waals surface area contributed by atoms with Crippen LogP contribution in [-0.4, -0.2) is 19.6 Å². The van der Waals surface area contributed by atoms with Crippen molar-refractivity contribution >= 4 is 5.97 Å². The van der Waals surface area contributed by atoms with E-state index in [9.17, 15) is 4.79 Å². The molecule has 17 heavy (non-hydrogen) atoms. The molecule has 4 nitrogen and oxygen atoms in total. The van der Waals surface area contributed by atoms with Gasteiger partial charge in [0.1, 0.15) is 0 Å². The quantitative estimate of drug-likeness (QED) is 0.743. The molecule has 0 saturated carbocycles. The van der Waals surface area contributed by atoms with Gasteiger partial charge in [-0.3, -0.25) is 0 Å². The number of hydrogen-bond acceptors (Lipinski definition) is 4. The first-order chi connectivity index (χ1) is 8.22. The number of nitrogens with one attached hydrogen (secondary N) is 1. The van der Waals surface area contributed by atoms with E-state index < -0.39 is 5.97 Å². The summed E-state index contributed by atoms with van der Waals surface area (Å²) in [5.74, 6) is 0.558. The molecule has 0 unspecified atom stereocenters. The number of rotatable bonds is 7. The summed E-state index contributed by atoms with van der Waals surface area (Å²) in [7, 11) is 1.35. The molecule has 1 N–H and O–H groups in total. The summed E-state index contributed by atoms with van der Waals surface area (Å²) in [6.07, 6.45) is 3.85. The van der Waals surface area contributed by atoms with Crippen molar-refractivity contribution in [3.05, 3.63) is 23.7 Å². The Balaban J connectivity index is 2.47. The van der Waals surface area contributed by atoms with E-state index in [4.69, 9.17) is 4.42 Å². The van der Waals surface area contributed by atoms with E-state index in [0.717, 1.165) is 12.1 Å². The second-order valence-electron chi connectivity index (χ2n) is 4.08. The molecule has 0 atom stereocenters. The van der Waals surface area contributed by atoms with Crippen molar-refractivity contribution in [3.8, 4) is 0 Å². The third-order valence-electron chi connectivity index (χ3n) is 3.02. The Labute approximate surface area is 102 Å². The van der Waals surface area contributed by atoms with Crippen molar-refractivity contribution < 1.29 is 13.9 Å². The lowest BCUT2D eigenvalue weighted by molar-refractivity contribution is 0.0563. The maximum Gasteiger partial charge on any atom is 0.374 e. The molecule has 0 amide bonds. The summed E-state index contributed by atoms with van der Waals surface area (Å²) in [4.78, 5) is 11.4. The van der Waals surface area contributed by atoms with Gasteiger partial charge < -0.3 is 14.5 Å². The Morgan fingerprint density at radius 3 is 2.76 bits per heavy atom. The predicted octanol–water partition coefficient (Wildman–Crippen LogP) is 2.59. The number of carbonyl (C=O) groups excluding carboxylic acids is 1. The third-order valence-corrected chi connectivity index (χ3v) is 3.02. The van der Waals surface area contributed by atoms with Crippen LogP contribution in [0.5, 0.6) is 0 Å². The van der Waals surface area contributed by atoms with Gasteiger partial charge in [-0.15, -0.1) is 0 Å². The van der Waals surface area contributed by atoms with Crippen LogP contribution in [0, 0.1) is 5.92 Å². The van der Waals surface area contributed by atoms with Gasteiger partial charge in [0.2, 0.25) is 5.76 Å². The largest absolute Gasteiger partial charge is 0.463 e. The Kier molecular flexibility index (Phi) is 5.77. The van der Waals surface area contributed by atoms with Gasteiger partial charge in [0.05, 0.1) is 13.4 Å². The first-order valence-corrected chi connectivity index (χ1v) is 6.08. The van der Waals surface area contributed by atoms with Crippen LogP contribution in [0.15, 0.2) is 16.7 Å². The average molecular weight is 239 g/mol. The van der Waals surface area contributed by atoms with Gasteiger partial charge in [-0.2, -0.15) is 0 Å². The fourth-order valence-corrected chi connectivity index (χ4v) is 1.73. The summed E-state index contributed by atoms with van der Waals surface area (Å²) in [6.45, 7) is 5.97. The fourth-order valence-electron chi connectivity index (χ4n) is 1.73. The lowest BCUT2D eigenvalue weighted by atomic mass is 10.0. The molecular weight excluding hydrogens is 218 g/mol. The molecule has 1 heterocycles. The minimum Gasteiger partial charge on any atom is -0.463 e. The van der Waals surface area contributed by atoms with E-state index in [1.165, 1.54) is 26.2 Å². The number of hydrogen-bond donors (Lipinski definition) is 1. The summed E-state index contributed by atoms with van der Waals surface area (Å²) in [5, 5.41) is 3.34. The highest BCUT2D eigenvalue weighted by molar-refractivity contribution is 5.87. The molecule has 1 aromatic heterocycles. The number of esters is 1. The normalized spacial score (nSPS) is 10.8. The van der Waals surface area contributed by atoms with Gasteiger partial charge >= 0.3 is 5.97 Å². The van der Waals surface area contributed by atoms with Crippen LogP contribution < -0.4 is 5.32 Å². The molecule has 0 radical (unpaired) electrons. The summed E-state index contributed by atoms with van der Waals surface area (Å²) >= 11 is 0. The molecule has 0 spiro atoms. The van der Waals surface area contributed by atoms with Gasteiger partial charge in [0.15, 0.2) is 0 Å². The van der Waals surface area contributed by atoms with Crippen molar-refractivity contribution in [2.75, 3.05) is 13.7 Å². The zero-order valence-corrected chi connectivity index (χ0v) is 10.8. The Morgan fingerprint density at radius 1 is 1.47 bits per heavy atom. The highest BCUT2D eigenvalue weighted by atomic mass is 16.5. The van der Waals surface area contributed by atoms with Gasteiger partial charge in [-0.1, -0.05) is 26.7 Å². The van der Waals surface area contributed by atoms with Crippen LogP contribution in [-0.2, 0) is 11.3 Å². The van der Waals surface area contributed by atoms with Crippen molar-refractivity contribution in [1.29, 1.82) is 0 Å². The molecule has 0 aromatic carbocycles. The molecule has 0 bridgehead atoms. The molecular formula is C13H21NO3. The van der Waals surface area contributed by atoms with E-state index in [1.54, 1.807) is 6.07 Å². The van der Waals surface area contributed by atoms with Crippen LogP contribution in [0.4, 0.5) is 0 Å². The Bertz CT molecular complexity index is 342. The molecule has 0 saturated heterocycles. The lowest BCUT2D eigenvalue weighted by Gasteiger charge is -2.12. The van der Waals surface area contributed by atoms with E-state index in [0.29, 0.717) is 18.2 Å². The van der Waals surface area contributed by atoms with Gasteiger partial charge in [0, 0.05) is 12.1 Å². The molecule has 96 valence electrons. The third kappa shape index (κ3) is 3.89. The fraction of sp³-hybridized carbons (Fsp3) is 0.615. The molecule has 0 fully saturated rings. The molecule has 4 heteroatoms. The highest BCUT2D eigenvalue weighted by Crippen LogP contribution is 2.12. The average Bonchev–Trinajstić information content (AvgIpc) is 2.82. The van der Waals surface area contributed by atoms with Crippen LogP contribution in [0.25, 0.3) is 0 Å². The summed E-state index contributed by atoms with van der Waals surface area (Å²) < 4.78 is 9.76. The summed E-state index contributed by atoms with van der Waals surface area (Å²) in [5.41, 5.74) is 0.850. The first-order valence-electron chi connectivity index (χ1n) is 6.08. The molecule has 0 aliphatic heterocycles. The van der Waals surface area contributed by atoms with Crippen LogP contribution in [0.1, 0.15) is 42.8 Å². The number of carbonyl (C=O) groups is 1. The molecule has 0 aliphatic rings. The van der Waals surface area contributed by atoms with Crippen molar-refractivity contribution in [2.24, 2.45) is 5.92 Å². The Hall–Kier alpha value is -1.29. The van der Waals surface area contributed by atoms with Crippen LogP contribution in [0.2, 0.25) is 0 Å².